The summed E-state index contributed by atoms with van der Waals surface area (Å²) in [5.41, 5.74) is 0. The molecule has 0 aliphatic heterocycles. The van der Waals surface area contributed by atoms with E-state index in [4.69, 9.17) is 0 Å². The first-order valence-electron chi connectivity index (χ1n) is 7.51. The van der Waals surface area contributed by atoms with Crippen LogP contribution in [0.25, 0.3) is 0 Å². The SMILES string of the molecule is C=CCNC(=NCCC)NCCCS(=O)(=O)c1ccccc1. The minimum Gasteiger partial charge on any atom is -0.356 e. The lowest BCUT2D eigenvalue weighted by Crippen LogP contribution is -2.38. The molecule has 0 aliphatic rings. The minimum atomic E-state index is -3.21. The maximum absolute atomic E-state index is 12.1. The number of hydrogen-bond donors (Lipinski definition) is 2. The molecule has 0 amide bonds. The first kappa shape index (κ1) is 18.2. The normalized spacial score (nSPS) is 12.0. The molecule has 6 heteroatoms. The predicted molar refractivity (Wildman–Crippen MR) is 91.9 cm³/mol. The highest BCUT2D eigenvalue weighted by molar-refractivity contribution is 7.91. The first-order valence-corrected chi connectivity index (χ1v) is 9.16. The molecule has 0 aliphatic carbocycles. The highest BCUT2D eigenvalue weighted by Gasteiger charge is 2.12. The fraction of sp³-hybridized carbons (Fsp3) is 0.438. The van der Waals surface area contributed by atoms with Crippen molar-refractivity contribution in [3.8, 4) is 0 Å². The Bertz CT molecular complexity index is 568. The quantitative estimate of drug-likeness (QED) is 0.315. The van der Waals surface area contributed by atoms with Crippen LogP contribution in [0.4, 0.5) is 0 Å². The molecule has 0 aromatic heterocycles. The second-order valence-electron chi connectivity index (χ2n) is 4.81. The Hall–Kier alpha value is -1.82. The second-order valence-corrected chi connectivity index (χ2v) is 6.92. The van der Waals surface area contributed by atoms with Gasteiger partial charge in [-0.1, -0.05) is 31.2 Å². The van der Waals surface area contributed by atoms with E-state index in [-0.39, 0.29) is 5.75 Å². The van der Waals surface area contributed by atoms with Crippen LogP contribution in [0.1, 0.15) is 19.8 Å². The van der Waals surface area contributed by atoms with Crippen LogP contribution in [0.3, 0.4) is 0 Å². The van der Waals surface area contributed by atoms with E-state index < -0.39 is 9.84 Å². The summed E-state index contributed by atoms with van der Waals surface area (Å²) in [5.74, 6) is 0.811. The van der Waals surface area contributed by atoms with Gasteiger partial charge in [-0.15, -0.1) is 6.58 Å². The predicted octanol–water partition coefficient (Wildman–Crippen LogP) is 1.98. The van der Waals surface area contributed by atoms with E-state index in [9.17, 15) is 8.42 Å². The lowest BCUT2D eigenvalue weighted by molar-refractivity contribution is 0.592. The zero-order chi connectivity index (χ0) is 16.3. The first-order chi connectivity index (χ1) is 10.6. The molecule has 0 saturated heterocycles. The number of benzene rings is 1. The Morgan fingerprint density at radius 1 is 1.27 bits per heavy atom. The van der Waals surface area contributed by atoms with E-state index in [1.807, 2.05) is 6.07 Å². The molecule has 0 fully saturated rings. The second kappa shape index (κ2) is 10.00. The van der Waals surface area contributed by atoms with E-state index in [1.165, 1.54) is 0 Å². The lowest BCUT2D eigenvalue weighted by Gasteiger charge is -2.11. The molecule has 0 radical (unpaired) electrons. The molecule has 1 aromatic carbocycles. The molecule has 1 aromatic rings. The van der Waals surface area contributed by atoms with Crippen LogP contribution in [-0.2, 0) is 9.84 Å². The Balaban J connectivity index is 2.43. The number of sulfone groups is 1. The summed E-state index contributed by atoms with van der Waals surface area (Å²) in [6.07, 6.45) is 3.24. The number of nitrogens with one attached hydrogen (secondary N) is 2. The van der Waals surface area contributed by atoms with Crippen molar-refractivity contribution in [1.29, 1.82) is 0 Å². The molecule has 0 saturated carbocycles. The lowest BCUT2D eigenvalue weighted by atomic mass is 10.4. The maximum Gasteiger partial charge on any atom is 0.191 e. The molecular weight excluding hydrogens is 298 g/mol. The van der Waals surface area contributed by atoms with Gasteiger partial charge in [-0.2, -0.15) is 0 Å². The monoisotopic (exact) mass is 323 g/mol. The molecule has 0 bridgehead atoms. The van der Waals surface area contributed by atoms with Crippen LogP contribution in [0.15, 0.2) is 52.9 Å². The summed E-state index contributed by atoms with van der Waals surface area (Å²) >= 11 is 0. The van der Waals surface area contributed by atoms with Crippen LogP contribution in [-0.4, -0.2) is 39.8 Å². The summed E-state index contributed by atoms with van der Waals surface area (Å²) in [7, 11) is -3.21. The highest BCUT2D eigenvalue weighted by Crippen LogP contribution is 2.10. The van der Waals surface area contributed by atoms with Gasteiger partial charge in [-0.3, -0.25) is 4.99 Å². The van der Waals surface area contributed by atoms with Gasteiger partial charge in [0.1, 0.15) is 0 Å². The molecule has 122 valence electrons. The van der Waals surface area contributed by atoms with Gasteiger partial charge in [-0.05, 0) is 25.0 Å². The Morgan fingerprint density at radius 2 is 2.00 bits per heavy atom. The molecule has 5 nitrogen and oxygen atoms in total. The average molecular weight is 323 g/mol. The molecular formula is C16H25N3O2S. The van der Waals surface area contributed by atoms with E-state index in [1.54, 1.807) is 30.3 Å². The van der Waals surface area contributed by atoms with Crippen LogP contribution >= 0.6 is 0 Å². The van der Waals surface area contributed by atoms with Crippen molar-refractivity contribution < 1.29 is 8.42 Å². The van der Waals surface area contributed by atoms with Crippen LogP contribution < -0.4 is 10.6 Å². The fourth-order valence-corrected chi connectivity index (χ4v) is 3.11. The zero-order valence-electron chi connectivity index (χ0n) is 13.1. The molecule has 0 heterocycles. The smallest absolute Gasteiger partial charge is 0.191 e. The summed E-state index contributed by atoms with van der Waals surface area (Å²) < 4.78 is 24.3. The van der Waals surface area contributed by atoms with Crippen LogP contribution in [0, 0.1) is 0 Å². The Morgan fingerprint density at radius 3 is 2.64 bits per heavy atom. The topological polar surface area (TPSA) is 70.6 Å². The third-order valence-corrected chi connectivity index (χ3v) is 4.71. The number of aliphatic imine (C=N–C) groups is 1. The maximum atomic E-state index is 12.1. The van der Waals surface area contributed by atoms with Crippen LogP contribution in [0.5, 0.6) is 0 Å². The van der Waals surface area contributed by atoms with Gasteiger partial charge in [0.05, 0.1) is 10.6 Å². The molecule has 2 N–H and O–H groups in total. The zero-order valence-corrected chi connectivity index (χ0v) is 13.9. The fourth-order valence-electron chi connectivity index (χ4n) is 1.78. The molecule has 1 rings (SSSR count). The van der Waals surface area contributed by atoms with Gasteiger partial charge in [0.25, 0.3) is 0 Å². The summed E-state index contributed by atoms with van der Waals surface area (Å²) in [4.78, 5) is 4.74. The van der Waals surface area contributed by atoms with Crippen LogP contribution in [0.2, 0.25) is 0 Å². The summed E-state index contributed by atoms with van der Waals surface area (Å²) in [6.45, 7) is 7.62. The number of rotatable bonds is 9. The highest BCUT2D eigenvalue weighted by atomic mass is 32.2. The van der Waals surface area contributed by atoms with Crippen molar-refractivity contribution in [3.63, 3.8) is 0 Å². The Labute approximate surface area is 133 Å². The average Bonchev–Trinajstić information content (AvgIpc) is 2.54. The number of nitrogens with zero attached hydrogens (tertiary/aromatic N) is 1. The minimum absolute atomic E-state index is 0.118. The summed E-state index contributed by atoms with van der Waals surface area (Å²) in [5, 5.41) is 6.25. The van der Waals surface area contributed by atoms with Gasteiger partial charge < -0.3 is 10.6 Å². The number of guanidine groups is 1. The van der Waals surface area contributed by atoms with E-state index in [0.29, 0.717) is 30.4 Å². The van der Waals surface area contributed by atoms with E-state index >= 15 is 0 Å². The van der Waals surface area contributed by atoms with Crippen molar-refractivity contribution in [3.05, 3.63) is 43.0 Å². The van der Waals surface area contributed by atoms with Gasteiger partial charge in [0.2, 0.25) is 0 Å². The van der Waals surface area contributed by atoms with Gasteiger partial charge >= 0.3 is 0 Å². The largest absolute Gasteiger partial charge is 0.356 e. The van der Waals surface area contributed by atoms with Gasteiger partial charge in [-0.25, -0.2) is 8.42 Å². The Kier molecular flexibility index (Phi) is 8.28. The van der Waals surface area contributed by atoms with Crippen molar-refractivity contribution in [2.75, 3.05) is 25.4 Å². The van der Waals surface area contributed by atoms with Gasteiger partial charge in [0, 0.05) is 19.6 Å². The molecule has 0 unspecified atom stereocenters. The number of hydrogen-bond acceptors (Lipinski definition) is 3. The van der Waals surface area contributed by atoms with Crippen molar-refractivity contribution in [2.24, 2.45) is 4.99 Å². The third kappa shape index (κ3) is 6.76. The van der Waals surface area contributed by atoms with Crippen molar-refractivity contribution >= 4 is 15.8 Å². The summed E-state index contributed by atoms with van der Waals surface area (Å²) in [6, 6.07) is 8.53. The molecule has 0 spiro atoms. The van der Waals surface area contributed by atoms with E-state index in [2.05, 4.69) is 29.1 Å². The molecule has 0 atom stereocenters. The van der Waals surface area contributed by atoms with Crippen molar-refractivity contribution in [1.82, 2.24) is 10.6 Å². The van der Waals surface area contributed by atoms with Crippen molar-refractivity contribution in [2.45, 2.75) is 24.7 Å². The standard InChI is InChI=1S/C16H25N3O2S/c1-3-11-17-16(18-12-4-2)19-13-8-14-22(20,21)15-9-6-5-7-10-15/h3,5-7,9-10H,1,4,8,11-14H2,2H3,(H2,17,18,19). The third-order valence-electron chi connectivity index (χ3n) is 2.89. The molecule has 22 heavy (non-hydrogen) atoms. The van der Waals surface area contributed by atoms with E-state index in [0.717, 1.165) is 13.0 Å². The van der Waals surface area contributed by atoms with Gasteiger partial charge in [0.15, 0.2) is 15.8 Å².